The predicted octanol–water partition coefficient (Wildman–Crippen LogP) is 2.53. The lowest BCUT2D eigenvalue weighted by Crippen LogP contribution is -2.28. The number of nitrogens with zero attached hydrogens (tertiary/aromatic N) is 1. The minimum absolute atomic E-state index is 0.148. The van der Waals surface area contributed by atoms with Gasteiger partial charge in [0.25, 0.3) is 0 Å². The SMILES string of the molecule is CC(=O)N1CCC[C@H]1c1ccc2c(c1)OCCCO2. The fraction of sp³-hybridized carbons (Fsp3) is 0.533. The van der Waals surface area contributed by atoms with Crippen LogP contribution in [0.15, 0.2) is 18.2 Å². The third-order valence-corrected chi connectivity index (χ3v) is 3.81. The maximum atomic E-state index is 11.6. The van der Waals surface area contributed by atoms with Crippen molar-refractivity contribution < 1.29 is 14.3 Å². The number of carbonyl (C=O) groups excluding carboxylic acids is 1. The number of likely N-dealkylation sites (tertiary alicyclic amines) is 1. The Morgan fingerprint density at radius 3 is 2.79 bits per heavy atom. The average molecular weight is 261 g/mol. The molecule has 4 nitrogen and oxygen atoms in total. The van der Waals surface area contributed by atoms with Gasteiger partial charge in [0.05, 0.1) is 19.3 Å². The molecule has 3 rings (SSSR count). The number of ether oxygens (including phenoxy) is 2. The van der Waals surface area contributed by atoms with E-state index in [1.165, 1.54) is 0 Å². The molecule has 0 radical (unpaired) electrons. The first-order chi connectivity index (χ1) is 9.25. The topological polar surface area (TPSA) is 38.8 Å². The van der Waals surface area contributed by atoms with Crippen molar-refractivity contribution in [3.63, 3.8) is 0 Å². The van der Waals surface area contributed by atoms with Crippen molar-refractivity contribution in [1.29, 1.82) is 0 Å². The number of benzene rings is 1. The highest BCUT2D eigenvalue weighted by molar-refractivity contribution is 5.74. The summed E-state index contributed by atoms with van der Waals surface area (Å²) in [7, 11) is 0. The first-order valence-corrected chi connectivity index (χ1v) is 6.92. The van der Waals surface area contributed by atoms with Crippen molar-refractivity contribution in [2.45, 2.75) is 32.2 Å². The zero-order valence-corrected chi connectivity index (χ0v) is 11.2. The Kier molecular flexibility index (Phi) is 3.32. The van der Waals surface area contributed by atoms with Gasteiger partial charge in [-0.3, -0.25) is 4.79 Å². The summed E-state index contributed by atoms with van der Waals surface area (Å²) in [6.07, 6.45) is 3.00. The van der Waals surface area contributed by atoms with Gasteiger partial charge in [-0.1, -0.05) is 6.07 Å². The molecule has 2 aliphatic rings. The Labute approximate surface area is 113 Å². The highest BCUT2D eigenvalue weighted by Gasteiger charge is 2.28. The van der Waals surface area contributed by atoms with E-state index in [1.54, 1.807) is 6.92 Å². The first kappa shape index (κ1) is 12.3. The van der Waals surface area contributed by atoms with Crippen LogP contribution >= 0.6 is 0 Å². The second kappa shape index (κ2) is 5.11. The fourth-order valence-corrected chi connectivity index (χ4v) is 2.88. The number of amides is 1. The molecular weight excluding hydrogens is 242 g/mol. The summed E-state index contributed by atoms with van der Waals surface area (Å²) in [5.74, 6) is 1.77. The molecule has 1 atom stereocenters. The van der Waals surface area contributed by atoms with Crippen LogP contribution in [0.1, 0.15) is 37.8 Å². The van der Waals surface area contributed by atoms with Gasteiger partial charge in [0.15, 0.2) is 11.5 Å². The number of fused-ring (bicyclic) bond motifs is 1. The summed E-state index contributed by atoms with van der Waals surface area (Å²) in [6.45, 7) is 3.89. The van der Waals surface area contributed by atoms with Gasteiger partial charge in [-0.05, 0) is 30.5 Å². The van der Waals surface area contributed by atoms with Gasteiger partial charge < -0.3 is 14.4 Å². The molecule has 2 aliphatic heterocycles. The van der Waals surface area contributed by atoms with Crippen molar-refractivity contribution >= 4 is 5.91 Å². The molecule has 0 aliphatic carbocycles. The molecule has 0 saturated carbocycles. The van der Waals surface area contributed by atoms with E-state index in [4.69, 9.17) is 9.47 Å². The molecule has 1 aromatic rings. The molecule has 19 heavy (non-hydrogen) atoms. The van der Waals surface area contributed by atoms with Crippen molar-refractivity contribution in [1.82, 2.24) is 4.90 Å². The quantitative estimate of drug-likeness (QED) is 0.779. The Morgan fingerprint density at radius 1 is 1.21 bits per heavy atom. The van der Waals surface area contributed by atoms with E-state index in [9.17, 15) is 4.79 Å². The average Bonchev–Trinajstić information content (AvgIpc) is 2.78. The Bertz CT molecular complexity index is 486. The molecule has 0 N–H and O–H groups in total. The van der Waals surface area contributed by atoms with E-state index >= 15 is 0 Å². The largest absolute Gasteiger partial charge is 0.490 e. The van der Waals surface area contributed by atoms with Crippen LogP contribution in [-0.2, 0) is 4.79 Å². The summed E-state index contributed by atoms with van der Waals surface area (Å²) in [4.78, 5) is 13.6. The van der Waals surface area contributed by atoms with Crippen molar-refractivity contribution in [2.24, 2.45) is 0 Å². The number of rotatable bonds is 1. The van der Waals surface area contributed by atoms with E-state index in [-0.39, 0.29) is 11.9 Å². The number of carbonyl (C=O) groups is 1. The lowest BCUT2D eigenvalue weighted by molar-refractivity contribution is -0.129. The third kappa shape index (κ3) is 2.39. The van der Waals surface area contributed by atoms with Crippen LogP contribution < -0.4 is 9.47 Å². The van der Waals surface area contributed by atoms with Gasteiger partial charge in [0, 0.05) is 19.9 Å². The highest BCUT2D eigenvalue weighted by Crippen LogP contribution is 2.37. The normalized spacial score (nSPS) is 22.2. The molecule has 0 spiro atoms. The smallest absolute Gasteiger partial charge is 0.219 e. The summed E-state index contributed by atoms with van der Waals surface area (Å²) in [5, 5.41) is 0. The van der Waals surface area contributed by atoms with Gasteiger partial charge in [-0.2, -0.15) is 0 Å². The van der Waals surface area contributed by atoms with Crippen LogP contribution in [0.25, 0.3) is 0 Å². The van der Waals surface area contributed by atoms with Gasteiger partial charge >= 0.3 is 0 Å². The Balaban J connectivity index is 1.89. The van der Waals surface area contributed by atoms with Crippen molar-refractivity contribution in [2.75, 3.05) is 19.8 Å². The number of hydrogen-bond donors (Lipinski definition) is 0. The second-order valence-corrected chi connectivity index (χ2v) is 5.13. The number of hydrogen-bond acceptors (Lipinski definition) is 3. The summed E-state index contributed by atoms with van der Waals surface area (Å²) in [6, 6.07) is 6.24. The van der Waals surface area contributed by atoms with Crippen molar-refractivity contribution in [3.8, 4) is 11.5 Å². The van der Waals surface area contributed by atoms with Crippen LogP contribution in [0, 0.1) is 0 Å². The second-order valence-electron chi connectivity index (χ2n) is 5.13. The van der Waals surface area contributed by atoms with E-state index in [0.717, 1.165) is 42.9 Å². The van der Waals surface area contributed by atoms with E-state index in [2.05, 4.69) is 6.07 Å². The minimum atomic E-state index is 0.148. The fourth-order valence-electron chi connectivity index (χ4n) is 2.88. The summed E-state index contributed by atoms with van der Waals surface area (Å²) >= 11 is 0. The molecule has 102 valence electrons. The first-order valence-electron chi connectivity index (χ1n) is 6.92. The maximum absolute atomic E-state index is 11.6. The molecule has 1 aromatic carbocycles. The molecule has 1 fully saturated rings. The molecule has 4 heteroatoms. The van der Waals surface area contributed by atoms with E-state index < -0.39 is 0 Å². The van der Waals surface area contributed by atoms with Gasteiger partial charge in [-0.15, -0.1) is 0 Å². The summed E-state index contributed by atoms with van der Waals surface area (Å²) < 4.78 is 11.4. The van der Waals surface area contributed by atoms with Crippen LogP contribution in [-0.4, -0.2) is 30.6 Å². The molecule has 1 saturated heterocycles. The van der Waals surface area contributed by atoms with Gasteiger partial charge in [0.2, 0.25) is 5.91 Å². The standard InChI is InChI=1S/C15H19NO3/c1-11(17)16-7-2-4-13(16)12-5-6-14-15(10-12)19-9-3-8-18-14/h5-6,10,13H,2-4,7-9H2,1H3/t13-/m0/s1. The van der Waals surface area contributed by atoms with Crippen LogP contribution in [0.4, 0.5) is 0 Å². The molecular formula is C15H19NO3. The lowest BCUT2D eigenvalue weighted by Gasteiger charge is -2.24. The summed E-state index contributed by atoms with van der Waals surface area (Å²) in [5.41, 5.74) is 1.15. The monoisotopic (exact) mass is 261 g/mol. The van der Waals surface area contributed by atoms with Crippen LogP contribution in [0.2, 0.25) is 0 Å². The molecule has 1 amide bonds. The molecule has 2 heterocycles. The van der Waals surface area contributed by atoms with E-state index in [0.29, 0.717) is 13.2 Å². The lowest BCUT2D eigenvalue weighted by atomic mass is 10.0. The van der Waals surface area contributed by atoms with Gasteiger partial charge in [0.1, 0.15) is 0 Å². The van der Waals surface area contributed by atoms with Gasteiger partial charge in [-0.25, -0.2) is 0 Å². The van der Waals surface area contributed by atoms with Crippen LogP contribution in [0.5, 0.6) is 11.5 Å². The zero-order valence-electron chi connectivity index (χ0n) is 11.2. The predicted molar refractivity (Wildman–Crippen MR) is 71.4 cm³/mol. The zero-order chi connectivity index (χ0) is 13.2. The van der Waals surface area contributed by atoms with Crippen molar-refractivity contribution in [3.05, 3.63) is 23.8 Å². The minimum Gasteiger partial charge on any atom is -0.490 e. The highest BCUT2D eigenvalue weighted by atomic mass is 16.5. The Hall–Kier alpha value is -1.71. The van der Waals surface area contributed by atoms with Crippen LogP contribution in [0.3, 0.4) is 0 Å². The Morgan fingerprint density at radius 2 is 2.00 bits per heavy atom. The molecule has 0 unspecified atom stereocenters. The third-order valence-electron chi connectivity index (χ3n) is 3.81. The molecule has 0 aromatic heterocycles. The van der Waals surface area contributed by atoms with E-state index in [1.807, 2.05) is 17.0 Å². The molecule has 0 bridgehead atoms. The maximum Gasteiger partial charge on any atom is 0.219 e.